The number of ketones is 1. The normalized spacial score (nSPS) is 19.0. The Morgan fingerprint density at radius 2 is 1.77 bits per heavy atom. The SMILES string of the molecule is CC(=O)C1C(C)=NC=C(C(=O)Oc2cccc(C(F)(F)F)c2)C1c1ccc(Br)cc1. The fraction of sp³-hybridized carbons (Fsp3) is 0.227. The van der Waals surface area contributed by atoms with E-state index in [2.05, 4.69) is 20.9 Å². The summed E-state index contributed by atoms with van der Waals surface area (Å²) in [5, 5.41) is 0. The maximum Gasteiger partial charge on any atom is 0.416 e. The lowest BCUT2D eigenvalue weighted by Gasteiger charge is -2.29. The third kappa shape index (κ3) is 4.70. The molecule has 2 aromatic carbocycles. The summed E-state index contributed by atoms with van der Waals surface area (Å²) in [7, 11) is 0. The fourth-order valence-corrected chi connectivity index (χ4v) is 3.67. The quantitative estimate of drug-likeness (QED) is 0.416. The number of nitrogens with zero attached hydrogens (tertiary/aromatic N) is 1. The number of esters is 1. The summed E-state index contributed by atoms with van der Waals surface area (Å²) >= 11 is 3.35. The maximum atomic E-state index is 12.9. The van der Waals surface area contributed by atoms with Crippen LogP contribution in [0.2, 0.25) is 0 Å². The zero-order valence-corrected chi connectivity index (χ0v) is 17.6. The Labute approximate surface area is 179 Å². The van der Waals surface area contributed by atoms with Crippen LogP contribution in [-0.4, -0.2) is 17.5 Å². The first kappa shape index (κ1) is 22.0. The number of Topliss-reactive ketones (excluding diaryl/α,β-unsaturated/α-hetero) is 1. The van der Waals surface area contributed by atoms with Crippen LogP contribution in [0.25, 0.3) is 0 Å². The number of alkyl halides is 3. The number of carbonyl (C=O) groups is 2. The molecule has 0 aliphatic carbocycles. The summed E-state index contributed by atoms with van der Waals surface area (Å²) in [6, 6.07) is 11.2. The van der Waals surface area contributed by atoms with Crippen molar-refractivity contribution in [2.24, 2.45) is 10.9 Å². The second kappa shape index (κ2) is 8.55. The molecule has 0 bridgehead atoms. The van der Waals surface area contributed by atoms with E-state index in [9.17, 15) is 22.8 Å². The predicted octanol–water partition coefficient (Wildman–Crippen LogP) is 5.72. The number of benzene rings is 2. The van der Waals surface area contributed by atoms with Gasteiger partial charge in [-0.1, -0.05) is 34.1 Å². The molecule has 0 amide bonds. The Morgan fingerprint density at radius 1 is 1.10 bits per heavy atom. The molecule has 156 valence electrons. The van der Waals surface area contributed by atoms with Crippen LogP contribution in [0.15, 0.2) is 69.8 Å². The van der Waals surface area contributed by atoms with Crippen LogP contribution in [0.5, 0.6) is 5.75 Å². The molecule has 30 heavy (non-hydrogen) atoms. The van der Waals surface area contributed by atoms with Crippen molar-refractivity contribution < 1.29 is 27.5 Å². The standard InChI is InChI=1S/C22H17BrF3NO3/c1-12-19(13(2)28)20(14-6-8-16(23)9-7-14)18(11-27-12)21(29)30-17-5-3-4-15(10-17)22(24,25)26/h3-11,19-20H,1-2H3. The Balaban J connectivity index is 1.98. The second-order valence-corrected chi connectivity index (χ2v) is 7.80. The van der Waals surface area contributed by atoms with Crippen molar-refractivity contribution in [1.29, 1.82) is 0 Å². The van der Waals surface area contributed by atoms with Gasteiger partial charge in [-0.25, -0.2) is 4.79 Å². The van der Waals surface area contributed by atoms with Gasteiger partial charge in [0.15, 0.2) is 0 Å². The highest BCUT2D eigenvalue weighted by atomic mass is 79.9. The average Bonchev–Trinajstić information content (AvgIpc) is 2.67. The molecule has 0 saturated heterocycles. The smallest absolute Gasteiger partial charge is 0.416 e. The third-order valence-corrected chi connectivity index (χ3v) is 5.33. The van der Waals surface area contributed by atoms with Gasteiger partial charge in [0, 0.05) is 22.3 Å². The molecular weight excluding hydrogens is 463 g/mol. The van der Waals surface area contributed by atoms with Gasteiger partial charge in [-0.3, -0.25) is 9.79 Å². The molecule has 2 atom stereocenters. The van der Waals surface area contributed by atoms with Crippen LogP contribution >= 0.6 is 15.9 Å². The van der Waals surface area contributed by atoms with Crippen LogP contribution in [0.4, 0.5) is 13.2 Å². The first-order valence-electron chi connectivity index (χ1n) is 8.97. The lowest BCUT2D eigenvalue weighted by atomic mass is 9.75. The number of carbonyl (C=O) groups excluding carboxylic acids is 2. The van der Waals surface area contributed by atoms with Gasteiger partial charge in [0.2, 0.25) is 0 Å². The van der Waals surface area contributed by atoms with Crippen molar-refractivity contribution in [3.05, 3.63) is 75.9 Å². The second-order valence-electron chi connectivity index (χ2n) is 6.89. The minimum absolute atomic E-state index is 0.0977. The number of rotatable bonds is 4. The largest absolute Gasteiger partial charge is 0.423 e. The van der Waals surface area contributed by atoms with Crippen molar-refractivity contribution >= 4 is 33.4 Å². The molecule has 0 saturated carbocycles. The molecule has 2 aromatic rings. The molecule has 0 fully saturated rings. The Hall–Kier alpha value is -2.74. The van der Waals surface area contributed by atoms with E-state index in [1.165, 1.54) is 19.2 Å². The molecule has 0 N–H and O–H groups in total. The van der Waals surface area contributed by atoms with Crippen molar-refractivity contribution in [2.45, 2.75) is 25.9 Å². The zero-order valence-electron chi connectivity index (χ0n) is 16.0. The highest BCUT2D eigenvalue weighted by Gasteiger charge is 2.38. The third-order valence-electron chi connectivity index (χ3n) is 4.80. The number of hydrogen-bond donors (Lipinski definition) is 0. The minimum Gasteiger partial charge on any atom is -0.423 e. The van der Waals surface area contributed by atoms with Gasteiger partial charge >= 0.3 is 12.1 Å². The summed E-state index contributed by atoms with van der Waals surface area (Å²) in [6.45, 7) is 3.11. The van der Waals surface area contributed by atoms with E-state index in [4.69, 9.17) is 4.74 Å². The Morgan fingerprint density at radius 3 is 2.37 bits per heavy atom. The van der Waals surface area contributed by atoms with Crippen molar-refractivity contribution in [2.75, 3.05) is 0 Å². The van der Waals surface area contributed by atoms with E-state index >= 15 is 0 Å². The monoisotopic (exact) mass is 479 g/mol. The van der Waals surface area contributed by atoms with Crippen molar-refractivity contribution in [3.63, 3.8) is 0 Å². The molecule has 1 aliphatic heterocycles. The number of hydrogen-bond acceptors (Lipinski definition) is 4. The first-order valence-corrected chi connectivity index (χ1v) is 9.77. The van der Waals surface area contributed by atoms with Gasteiger partial charge in [0.05, 0.1) is 17.1 Å². The molecular formula is C22H17BrF3NO3. The lowest BCUT2D eigenvalue weighted by Crippen LogP contribution is -2.33. The van der Waals surface area contributed by atoms with Crippen LogP contribution in [0, 0.1) is 5.92 Å². The average molecular weight is 480 g/mol. The molecule has 1 heterocycles. The molecule has 8 heteroatoms. The van der Waals surface area contributed by atoms with Gasteiger partial charge < -0.3 is 4.74 Å². The Bertz CT molecular complexity index is 1040. The molecule has 1 aliphatic rings. The van der Waals surface area contributed by atoms with Gasteiger partial charge in [-0.05, 0) is 49.7 Å². The van der Waals surface area contributed by atoms with Crippen LogP contribution in [0.3, 0.4) is 0 Å². The van der Waals surface area contributed by atoms with Crippen LogP contribution in [0.1, 0.15) is 30.9 Å². The van der Waals surface area contributed by atoms with E-state index in [0.717, 1.165) is 22.7 Å². The van der Waals surface area contributed by atoms with Crippen molar-refractivity contribution in [3.8, 4) is 5.75 Å². The van der Waals surface area contributed by atoms with Crippen LogP contribution in [-0.2, 0) is 15.8 Å². The molecule has 3 rings (SSSR count). The number of halogens is 4. The van der Waals surface area contributed by atoms with E-state index in [1.54, 1.807) is 31.2 Å². The van der Waals surface area contributed by atoms with Gasteiger partial charge in [-0.15, -0.1) is 0 Å². The highest BCUT2D eigenvalue weighted by molar-refractivity contribution is 9.10. The molecule has 0 spiro atoms. The summed E-state index contributed by atoms with van der Waals surface area (Å²) in [5.74, 6) is -2.62. The highest BCUT2D eigenvalue weighted by Crippen LogP contribution is 2.38. The van der Waals surface area contributed by atoms with Crippen LogP contribution < -0.4 is 4.74 Å². The van der Waals surface area contributed by atoms with Gasteiger partial charge in [0.25, 0.3) is 0 Å². The maximum absolute atomic E-state index is 12.9. The molecule has 0 aromatic heterocycles. The zero-order chi connectivity index (χ0) is 22.1. The van der Waals surface area contributed by atoms with E-state index < -0.39 is 29.5 Å². The predicted molar refractivity (Wildman–Crippen MR) is 109 cm³/mol. The summed E-state index contributed by atoms with van der Waals surface area (Å²) in [5.41, 5.74) is 0.414. The first-order chi connectivity index (χ1) is 14.1. The van der Waals surface area contributed by atoms with E-state index in [1.807, 2.05) is 0 Å². The molecule has 4 nitrogen and oxygen atoms in total. The number of ether oxygens (including phenoxy) is 1. The summed E-state index contributed by atoms with van der Waals surface area (Å²) in [6.07, 6.45) is -3.24. The lowest BCUT2D eigenvalue weighted by molar-refractivity contribution is -0.138. The fourth-order valence-electron chi connectivity index (χ4n) is 3.41. The van der Waals surface area contributed by atoms with Crippen molar-refractivity contribution in [1.82, 2.24) is 0 Å². The molecule has 2 unspecified atom stereocenters. The van der Waals surface area contributed by atoms with E-state index in [0.29, 0.717) is 11.3 Å². The summed E-state index contributed by atoms with van der Waals surface area (Å²) < 4.78 is 44.9. The number of aliphatic imine (C=N–C) groups is 1. The summed E-state index contributed by atoms with van der Waals surface area (Å²) in [4.78, 5) is 29.4. The molecule has 0 radical (unpaired) electrons. The minimum atomic E-state index is -4.56. The van der Waals surface area contributed by atoms with E-state index in [-0.39, 0.29) is 17.1 Å². The Kier molecular flexibility index (Phi) is 6.26. The van der Waals surface area contributed by atoms with Gasteiger partial charge in [-0.2, -0.15) is 13.2 Å². The topological polar surface area (TPSA) is 55.7 Å². The van der Waals surface area contributed by atoms with Gasteiger partial charge in [0.1, 0.15) is 11.5 Å².